The van der Waals surface area contributed by atoms with Gasteiger partial charge in [0, 0.05) is 18.2 Å². The first-order chi connectivity index (χ1) is 10.0. The minimum atomic E-state index is -0.812. The normalized spacial score (nSPS) is 17.8. The number of nitro groups is 1. The van der Waals surface area contributed by atoms with Gasteiger partial charge in [-0.3, -0.25) is 14.9 Å². The van der Waals surface area contributed by atoms with Crippen molar-refractivity contribution in [2.75, 3.05) is 11.9 Å². The number of nitrogens with zero attached hydrogens (tertiary/aromatic N) is 1. The zero-order chi connectivity index (χ0) is 15.3. The molecule has 0 radical (unpaired) electrons. The Kier molecular flexibility index (Phi) is 4.90. The molecule has 1 aliphatic carbocycles. The number of hydrogen-bond acceptors (Lipinski definition) is 5. The van der Waals surface area contributed by atoms with Crippen molar-refractivity contribution in [3.8, 4) is 0 Å². The maximum Gasteiger partial charge on any atom is 0.293 e. The number of nitro benzene ring substituents is 1. The fraction of sp³-hybridized carbons (Fsp3) is 0.533. The molecule has 0 amide bonds. The lowest BCUT2D eigenvalue weighted by Gasteiger charge is -2.27. The number of hydrogen-bond donors (Lipinski definition) is 2. The van der Waals surface area contributed by atoms with Crippen LogP contribution in [-0.4, -0.2) is 28.5 Å². The molecule has 2 rings (SSSR count). The van der Waals surface area contributed by atoms with E-state index in [0.717, 1.165) is 25.7 Å². The van der Waals surface area contributed by atoms with E-state index in [0.29, 0.717) is 24.8 Å². The molecule has 0 heterocycles. The van der Waals surface area contributed by atoms with Crippen LogP contribution in [0.1, 0.15) is 48.9 Å². The zero-order valence-corrected chi connectivity index (χ0v) is 11.9. The summed E-state index contributed by atoms with van der Waals surface area (Å²) in [4.78, 5) is 21.2. The molecule has 114 valence electrons. The first-order valence-corrected chi connectivity index (χ1v) is 7.24. The number of nitrogens with one attached hydrogen (secondary N) is 1. The fourth-order valence-electron chi connectivity index (χ4n) is 2.75. The molecule has 1 aromatic rings. The van der Waals surface area contributed by atoms with E-state index in [4.69, 9.17) is 0 Å². The predicted octanol–water partition coefficient (Wildman–Crippen LogP) is 2.90. The van der Waals surface area contributed by atoms with Gasteiger partial charge >= 0.3 is 0 Å². The molecule has 0 spiro atoms. The Morgan fingerprint density at radius 2 is 1.95 bits per heavy atom. The topological polar surface area (TPSA) is 92.5 Å². The number of carbonyl (C=O) groups is 1. The van der Waals surface area contributed by atoms with Crippen LogP contribution in [0.4, 0.5) is 11.4 Å². The first-order valence-electron chi connectivity index (χ1n) is 7.24. The van der Waals surface area contributed by atoms with Gasteiger partial charge in [-0.25, -0.2) is 0 Å². The Morgan fingerprint density at radius 3 is 2.52 bits per heavy atom. The minimum Gasteiger partial charge on any atom is -0.388 e. The van der Waals surface area contributed by atoms with Gasteiger partial charge in [-0.05, 0) is 25.0 Å². The van der Waals surface area contributed by atoms with Crippen LogP contribution in [0.15, 0.2) is 18.2 Å². The number of anilines is 1. The van der Waals surface area contributed by atoms with Gasteiger partial charge in [0.05, 0.1) is 10.5 Å². The molecule has 0 saturated heterocycles. The summed E-state index contributed by atoms with van der Waals surface area (Å²) in [7, 11) is 0. The van der Waals surface area contributed by atoms with Crippen LogP contribution in [0.5, 0.6) is 0 Å². The van der Waals surface area contributed by atoms with Gasteiger partial charge in [0.2, 0.25) is 0 Å². The van der Waals surface area contributed by atoms with E-state index < -0.39 is 10.5 Å². The number of rotatable bonds is 5. The molecular weight excluding hydrogens is 272 g/mol. The lowest BCUT2D eigenvalue weighted by atomic mass is 9.94. The van der Waals surface area contributed by atoms with Crippen molar-refractivity contribution >= 4 is 17.7 Å². The van der Waals surface area contributed by atoms with Gasteiger partial charge in [0.15, 0.2) is 0 Å². The van der Waals surface area contributed by atoms with Gasteiger partial charge < -0.3 is 10.4 Å². The van der Waals surface area contributed by atoms with Crippen molar-refractivity contribution in [3.05, 3.63) is 33.9 Å². The number of carbonyl (C=O) groups excluding carboxylic acids is 1. The van der Waals surface area contributed by atoms with Crippen LogP contribution in [0.2, 0.25) is 0 Å². The molecule has 21 heavy (non-hydrogen) atoms. The summed E-state index contributed by atoms with van der Waals surface area (Å²) in [5.74, 6) is 0. The van der Waals surface area contributed by atoms with E-state index in [2.05, 4.69) is 5.32 Å². The summed E-state index contributed by atoms with van der Waals surface area (Å²) in [5.41, 5.74) is -0.353. The molecule has 1 saturated carbocycles. The SMILES string of the molecule is O=Cc1ccc(NCC2(O)CCCCCC2)c([N+](=O)[O-])c1. The van der Waals surface area contributed by atoms with Crippen molar-refractivity contribution in [2.45, 2.75) is 44.1 Å². The van der Waals surface area contributed by atoms with Crippen LogP contribution in [-0.2, 0) is 0 Å². The van der Waals surface area contributed by atoms with Gasteiger partial charge in [0.1, 0.15) is 12.0 Å². The molecule has 6 heteroatoms. The van der Waals surface area contributed by atoms with Gasteiger partial charge in [0.25, 0.3) is 5.69 Å². The Labute approximate surface area is 123 Å². The van der Waals surface area contributed by atoms with Gasteiger partial charge in [-0.1, -0.05) is 25.7 Å². The highest BCUT2D eigenvalue weighted by molar-refractivity contribution is 5.79. The second-order valence-electron chi connectivity index (χ2n) is 5.64. The molecule has 1 aromatic carbocycles. The van der Waals surface area contributed by atoms with Crippen LogP contribution in [0.3, 0.4) is 0 Å². The van der Waals surface area contributed by atoms with Crippen molar-refractivity contribution < 1.29 is 14.8 Å². The van der Waals surface area contributed by atoms with Crippen molar-refractivity contribution in [1.82, 2.24) is 0 Å². The van der Waals surface area contributed by atoms with Crippen LogP contribution < -0.4 is 5.32 Å². The highest BCUT2D eigenvalue weighted by atomic mass is 16.6. The van der Waals surface area contributed by atoms with E-state index in [9.17, 15) is 20.0 Å². The Balaban J connectivity index is 2.11. The first kappa shape index (κ1) is 15.4. The van der Waals surface area contributed by atoms with E-state index >= 15 is 0 Å². The molecule has 0 atom stereocenters. The van der Waals surface area contributed by atoms with E-state index in [-0.39, 0.29) is 17.8 Å². The van der Waals surface area contributed by atoms with Gasteiger partial charge in [-0.2, -0.15) is 0 Å². The van der Waals surface area contributed by atoms with E-state index in [1.54, 1.807) is 0 Å². The third-order valence-corrected chi connectivity index (χ3v) is 4.00. The number of benzene rings is 1. The number of aldehydes is 1. The molecule has 6 nitrogen and oxygen atoms in total. The third-order valence-electron chi connectivity index (χ3n) is 4.00. The molecule has 0 bridgehead atoms. The molecule has 0 unspecified atom stereocenters. The van der Waals surface area contributed by atoms with Crippen molar-refractivity contribution in [1.29, 1.82) is 0 Å². The van der Waals surface area contributed by atoms with Crippen LogP contribution >= 0.6 is 0 Å². The summed E-state index contributed by atoms with van der Waals surface area (Å²) in [6, 6.07) is 4.29. The largest absolute Gasteiger partial charge is 0.388 e. The van der Waals surface area contributed by atoms with E-state index in [1.165, 1.54) is 18.2 Å². The van der Waals surface area contributed by atoms with Crippen molar-refractivity contribution in [2.24, 2.45) is 0 Å². The average molecular weight is 292 g/mol. The second-order valence-corrected chi connectivity index (χ2v) is 5.64. The Bertz CT molecular complexity index is 522. The lowest BCUT2D eigenvalue weighted by molar-refractivity contribution is -0.384. The standard InChI is InChI=1S/C15H20N2O4/c18-10-12-5-6-13(14(9-12)17(20)21)16-11-15(19)7-3-1-2-4-8-15/h5-6,9-10,16,19H,1-4,7-8,11H2. The molecular formula is C15H20N2O4. The monoisotopic (exact) mass is 292 g/mol. The van der Waals surface area contributed by atoms with Crippen molar-refractivity contribution in [3.63, 3.8) is 0 Å². The zero-order valence-electron chi connectivity index (χ0n) is 11.9. The lowest BCUT2D eigenvalue weighted by Crippen LogP contribution is -2.36. The Morgan fingerprint density at radius 1 is 1.29 bits per heavy atom. The minimum absolute atomic E-state index is 0.142. The molecule has 1 fully saturated rings. The maximum atomic E-state index is 11.1. The molecule has 0 aliphatic heterocycles. The summed E-state index contributed by atoms with van der Waals surface area (Å²) in [5, 5.41) is 24.6. The summed E-state index contributed by atoms with van der Waals surface area (Å²) in [6.45, 7) is 0.286. The molecule has 2 N–H and O–H groups in total. The highest BCUT2D eigenvalue weighted by Gasteiger charge is 2.28. The van der Waals surface area contributed by atoms with E-state index in [1.807, 2.05) is 0 Å². The third kappa shape index (κ3) is 4.01. The summed E-state index contributed by atoms with van der Waals surface area (Å²) in [6.07, 6.45) is 6.19. The predicted molar refractivity (Wildman–Crippen MR) is 79.6 cm³/mol. The quantitative estimate of drug-likeness (QED) is 0.377. The summed E-state index contributed by atoms with van der Waals surface area (Å²) >= 11 is 0. The average Bonchev–Trinajstić information content (AvgIpc) is 2.70. The molecule has 1 aliphatic rings. The smallest absolute Gasteiger partial charge is 0.293 e. The fourth-order valence-corrected chi connectivity index (χ4v) is 2.75. The van der Waals surface area contributed by atoms with Crippen LogP contribution in [0.25, 0.3) is 0 Å². The van der Waals surface area contributed by atoms with Gasteiger partial charge in [-0.15, -0.1) is 0 Å². The highest BCUT2D eigenvalue weighted by Crippen LogP contribution is 2.30. The Hall–Kier alpha value is -1.95. The maximum absolute atomic E-state index is 11.1. The second kappa shape index (κ2) is 6.67. The van der Waals surface area contributed by atoms with Crippen LogP contribution in [0, 0.1) is 10.1 Å². The summed E-state index contributed by atoms with van der Waals surface area (Å²) < 4.78 is 0. The molecule has 0 aromatic heterocycles. The number of aliphatic hydroxyl groups is 1.